The van der Waals surface area contributed by atoms with E-state index in [1.165, 1.54) is 6.07 Å². The Morgan fingerprint density at radius 2 is 1.75 bits per heavy atom. The first kappa shape index (κ1) is 12.8. The van der Waals surface area contributed by atoms with Crippen LogP contribution in [0.1, 0.15) is 15.9 Å². The van der Waals surface area contributed by atoms with Gasteiger partial charge in [0.05, 0.1) is 18.1 Å². The standard InChI is InChI=1S/C16H12F2O2/c17-12-5-3-6-13(18)15(12)16(19)11-8-10-4-1-2-7-14(10)20-9-11/h1-7,11H,8-9H2. The van der Waals surface area contributed by atoms with Gasteiger partial charge >= 0.3 is 0 Å². The van der Waals surface area contributed by atoms with E-state index in [1.54, 1.807) is 0 Å². The van der Waals surface area contributed by atoms with Crippen LogP contribution in [0.5, 0.6) is 5.75 Å². The van der Waals surface area contributed by atoms with E-state index >= 15 is 0 Å². The smallest absolute Gasteiger partial charge is 0.175 e. The van der Waals surface area contributed by atoms with Gasteiger partial charge in [-0.2, -0.15) is 0 Å². The SMILES string of the molecule is O=C(c1c(F)cccc1F)C1COc2ccccc2C1. The number of Topliss-reactive ketones (excluding diaryl/α,β-unsaturated/α-hetero) is 1. The number of carbonyl (C=O) groups excluding carboxylic acids is 1. The first-order chi connectivity index (χ1) is 9.66. The van der Waals surface area contributed by atoms with Crippen LogP contribution in [0.2, 0.25) is 0 Å². The minimum atomic E-state index is -0.825. The topological polar surface area (TPSA) is 26.3 Å². The monoisotopic (exact) mass is 274 g/mol. The molecule has 0 aromatic heterocycles. The molecule has 20 heavy (non-hydrogen) atoms. The van der Waals surface area contributed by atoms with E-state index < -0.39 is 28.9 Å². The molecule has 0 radical (unpaired) electrons. The van der Waals surface area contributed by atoms with E-state index in [-0.39, 0.29) is 6.61 Å². The second-order valence-corrected chi connectivity index (χ2v) is 4.78. The fourth-order valence-electron chi connectivity index (χ4n) is 2.43. The number of hydrogen-bond donors (Lipinski definition) is 0. The van der Waals surface area contributed by atoms with E-state index in [2.05, 4.69) is 0 Å². The zero-order valence-corrected chi connectivity index (χ0v) is 10.6. The summed E-state index contributed by atoms with van der Waals surface area (Å²) in [5.41, 5.74) is 0.411. The summed E-state index contributed by atoms with van der Waals surface area (Å²) in [7, 11) is 0. The highest BCUT2D eigenvalue weighted by Crippen LogP contribution is 2.29. The lowest BCUT2D eigenvalue weighted by atomic mass is 9.89. The van der Waals surface area contributed by atoms with Gasteiger partial charge in [0.2, 0.25) is 0 Å². The minimum absolute atomic E-state index is 0.142. The fraction of sp³-hybridized carbons (Fsp3) is 0.188. The normalized spacial score (nSPS) is 17.2. The molecule has 0 saturated heterocycles. The van der Waals surface area contributed by atoms with Crippen LogP contribution in [0.25, 0.3) is 0 Å². The van der Waals surface area contributed by atoms with Crippen LogP contribution in [-0.2, 0) is 6.42 Å². The third kappa shape index (κ3) is 2.18. The van der Waals surface area contributed by atoms with Crippen LogP contribution in [0.3, 0.4) is 0 Å². The van der Waals surface area contributed by atoms with Crippen LogP contribution in [0.4, 0.5) is 8.78 Å². The average Bonchev–Trinajstić information content (AvgIpc) is 2.46. The highest BCUT2D eigenvalue weighted by molar-refractivity contribution is 5.98. The van der Waals surface area contributed by atoms with Gasteiger partial charge in [-0.3, -0.25) is 4.79 Å². The van der Waals surface area contributed by atoms with Crippen LogP contribution >= 0.6 is 0 Å². The molecule has 0 aliphatic carbocycles. The summed E-state index contributed by atoms with van der Waals surface area (Å²) in [5.74, 6) is -2.03. The van der Waals surface area contributed by atoms with Crippen molar-refractivity contribution in [2.45, 2.75) is 6.42 Å². The van der Waals surface area contributed by atoms with E-state index in [9.17, 15) is 13.6 Å². The molecule has 0 spiro atoms. The van der Waals surface area contributed by atoms with Gasteiger partial charge in [0, 0.05) is 0 Å². The second kappa shape index (κ2) is 5.04. The molecule has 0 N–H and O–H groups in total. The van der Waals surface area contributed by atoms with Crippen molar-refractivity contribution in [3.05, 3.63) is 65.2 Å². The number of halogens is 2. The molecule has 1 unspecified atom stereocenters. The molecule has 0 fully saturated rings. The Bertz CT molecular complexity index is 647. The molecule has 1 atom stereocenters. The summed E-state index contributed by atoms with van der Waals surface area (Å²) in [6, 6.07) is 10.8. The van der Waals surface area contributed by atoms with Gasteiger partial charge < -0.3 is 4.74 Å². The van der Waals surface area contributed by atoms with Gasteiger partial charge in [-0.1, -0.05) is 24.3 Å². The molecule has 4 heteroatoms. The number of para-hydroxylation sites is 1. The number of fused-ring (bicyclic) bond motifs is 1. The van der Waals surface area contributed by atoms with E-state index in [0.717, 1.165) is 23.4 Å². The van der Waals surface area contributed by atoms with Crippen molar-refractivity contribution >= 4 is 5.78 Å². The molecule has 1 aliphatic heterocycles. The molecule has 2 aromatic rings. The number of rotatable bonds is 2. The number of ketones is 1. The highest BCUT2D eigenvalue weighted by Gasteiger charge is 2.30. The Labute approximate surface area is 115 Å². The predicted octanol–water partition coefficient (Wildman–Crippen LogP) is 3.40. The molecule has 2 nitrogen and oxygen atoms in total. The van der Waals surface area contributed by atoms with E-state index in [4.69, 9.17) is 4.74 Å². The maximum absolute atomic E-state index is 13.7. The van der Waals surface area contributed by atoms with Crippen molar-refractivity contribution in [2.24, 2.45) is 5.92 Å². The maximum Gasteiger partial charge on any atom is 0.175 e. The van der Waals surface area contributed by atoms with Crippen molar-refractivity contribution in [3.8, 4) is 5.75 Å². The minimum Gasteiger partial charge on any atom is -0.493 e. The number of benzene rings is 2. The molecular formula is C16H12F2O2. The summed E-state index contributed by atoms with van der Waals surface area (Å²) < 4.78 is 32.8. The van der Waals surface area contributed by atoms with Crippen molar-refractivity contribution in [1.29, 1.82) is 0 Å². The van der Waals surface area contributed by atoms with Crippen LogP contribution < -0.4 is 4.74 Å². The number of ether oxygens (including phenoxy) is 1. The maximum atomic E-state index is 13.7. The molecule has 2 aromatic carbocycles. The van der Waals surface area contributed by atoms with Gasteiger partial charge in [0.1, 0.15) is 17.4 Å². The van der Waals surface area contributed by atoms with Crippen molar-refractivity contribution in [2.75, 3.05) is 6.61 Å². The molecule has 102 valence electrons. The quantitative estimate of drug-likeness (QED) is 0.785. The van der Waals surface area contributed by atoms with Gasteiger partial charge in [0.25, 0.3) is 0 Å². The molecule has 0 amide bonds. The summed E-state index contributed by atoms with van der Waals surface area (Å²) in [5, 5.41) is 0. The Morgan fingerprint density at radius 3 is 2.50 bits per heavy atom. The van der Waals surface area contributed by atoms with Crippen molar-refractivity contribution < 1.29 is 18.3 Å². The molecule has 0 bridgehead atoms. The Balaban J connectivity index is 1.90. The summed E-state index contributed by atoms with van der Waals surface area (Å²) >= 11 is 0. The van der Waals surface area contributed by atoms with Gasteiger partial charge in [-0.25, -0.2) is 8.78 Å². The van der Waals surface area contributed by atoms with Gasteiger partial charge in [-0.15, -0.1) is 0 Å². The van der Waals surface area contributed by atoms with Crippen LogP contribution in [0.15, 0.2) is 42.5 Å². The van der Waals surface area contributed by atoms with Crippen molar-refractivity contribution in [3.63, 3.8) is 0 Å². The highest BCUT2D eigenvalue weighted by atomic mass is 19.1. The Kier molecular flexibility index (Phi) is 3.22. The molecule has 0 saturated carbocycles. The average molecular weight is 274 g/mol. The molecule has 1 aliphatic rings. The zero-order chi connectivity index (χ0) is 14.1. The lowest BCUT2D eigenvalue weighted by Gasteiger charge is -2.24. The first-order valence-electron chi connectivity index (χ1n) is 6.35. The van der Waals surface area contributed by atoms with E-state index in [1.807, 2.05) is 24.3 Å². The van der Waals surface area contributed by atoms with E-state index in [0.29, 0.717) is 6.42 Å². The third-order valence-electron chi connectivity index (χ3n) is 3.46. The lowest BCUT2D eigenvalue weighted by Crippen LogP contribution is -2.29. The summed E-state index contributed by atoms with van der Waals surface area (Å²) in [6.07, 6.45) is 0.433. The molecular weight excluding hydrogens is 262 g/mol. The second-order valence-electron chi connectivity index (χ2n) is 4.78. The predicted molar refractivity (Wildman–Crippen MR) is 69.8 cm³/mol. The number of carbonyl (C=O) groups is 1. The Morgan fingerprint density at radius 1 is 1.05 bits per heavy atom. The van der Waals surface area contributed by atoms with Crippen LogP contribution in [0, 0.1) is 17.6 Å². The first-order valence-corrected chi connectivity index (χ1v) is 6.35. The fourth-order valence-corrected chi connectivity index (χ4v) is 2.43. The lowest BCUT2D eigenvalue weighted by molar-refractivity contribution is 0.0846. The van der Waals surface area contributed by atoms with Gasteiger partial charge in [-0.05, 0) is 30.2 Å². The summed E-state index contributed by atoms with van der Waals surface area (Å²) in [6.45, 7) is 0.142. The zero-order valence-electron chi connectivity index (χ0n) is 10.6. The van der Waals surface area contributed by atoms with Crippen molar-refractivity contribution in [1.82, 2.24) is 0 Å². The largest absolute Gasteiger partial charge is 0.493 e. The van der Waals surface area contributed by atoms with Crippen LogP contribution in [-0.4, -0.2) is 12.4 Å². The summed E-state index contributed by atoms with van der Waals surface area (Å²) in [4.78, 5) is 12.3. The molecule has 3 rings (SSSR count). The Hall–Kier alpha value is -2.23. The van der Waals surface area contributed by atoms with Gasteiger partial charge in [0.15, 0.2) is 5.78 Å². The molecule has 1 heterocycles. The number of hydrogen-bond acceptors (Lipinski definition) is 2. The third-order valence-corrected chi connectivity index (χ3v) is 3.46.